The quantitative estimate of drug-likeness (QED) is 0.214. The molecule has 44 heavy (non-hydrogen) atoms. The summed E-state index contributed by atoms with van der Waals surface area (Å²) in [6.07, 6.45) is 9.48. The molecule has 0 atom stereocenters. The first-order chi connectivity index (χ1) is 21.3. The maximum Gasteiger partial charge on any atom is 0.407 e. The van der Waals surface area contributed by atoms with Crippen LogP contribution in [0.2, 0.25) is 0 Å². The number of rotatable bonds is 8. The second-order valence-electron chi connectivity index (χ2n) is 12.2. The Morgan fingerprint density at radius 1 is 0.977 bits per heavy atom. The standard InChI is InChI=1S/C35H34N6O3/c1-23-11-16-37-27(19-23)20-28(42)25-7-9-26(10-8-25)29-30-31(36)38-17-18-41(30)32(39-29)34-12-14-35(22-34,15-13-34)40-33(43)44-21-24-5-3-2-4-6-24/h2-11,16-19H,12-15,20-22H2,1H3,(H2,36,38)(H,40,43). The lowest BCUT2D eigenvalue weighted by Crippen LogP contribution is -2.45. The molecular formula is C35H34N6O3. The fourth-order valence-electron chi connectivity index (χ4n) is 7.07. The van der Waals surface area contributed by atoms with Gasteiger partial charge in [-0.15, -0.1) is 0 Å². The van der Waals surface area contributed by atoms with E-state index in [1.165, 1.54) is 0 Å². The molecule has 2 aliphatic rings. The highest BCUT2D eigenvalue weighted by Gasteiger charge is 2.57. The molecule has 9 heteroatoms. The Kier molecular flexibility index (Phi) is 6.88. The van der Waals surface area contributed by atoms with E-state index in [1.54, 1.807) is 12.4 Å². The van der Waals surface area contributed by atoms with E-state index in [2.05, 4.69) is 19.7 Å². The van der Waals surface area contributed by atoms with E-state index >= 15 is 0 Å². The van der Waals surface area contributed by atoms with Crippen LogP contribution in [0.5, 0.6) is 0 Å². The second kappa shape index (κ2) is 10.9. The molecule has 0 radical (unpaired) electrons. The number of nitrogens with one attached hydrogen (secondary N) is 1. The highest BCUT2D eigenvalue weighted by Crippen LogP contribution is 2.57. The summed E-state index contributed by atoms with van der Waals surface area (Å²) in [5.41, 5.74) is 11.7. The summed E-state index contributed by atoms with van der Waals surface area (Å²) in [6, 6.07) is 21.1. The molecule has 1 amide bonds. The van der Waals surface area contributed by atoms with Gasteiger partial charge in [-0.3, -0.25) is 14.2 Å². The van der Waals surface area contributed by atoms with Crippen LogP contribution in [0.15, 0.2) is 85.3 Å². The number of hydrogen-bond donors (Lipinski definition) is 2. The summed E-state index contributed by atoms with van der Waals surface area (Å²) >= 11 is 0. The predicted molar refractivity (Wildman–Crippen MR) is 167 cm³/mol. The lowest BCUT2D eigenvalue weighted by atomic mass is 9.83. The van der Waals surface area contributed by atoms with Gasteiger partial charge < -0.3 is 15.8 Å². The fourth-order valence-corrected chi connectivity index (χ4v) is 7.07. The zero-order chi connectivity index (χ0) is 30.3. The number of fused-ring (bicyclic) bond motifs is 3. The van der Waals surface area contributed by atoms with Crippen LogP contribution in [-0.4, -0.2) is 36.8 Å². The number of aromatic nitrogens is 4. The van der Waals surface area contributed by atoms with Crippen molar-refractivity contribution in [1.82, 2.24) is 24.7 Å². The van der Waals surface area contributed by atoms with Crippen molar-refractivity contribution >= 4 is 23.2 Å². The Morgan fingerprint density at radius 2 is 1.75 bits per heavy atom. The lowest BCUT2D eigenvalue weighted by Gasteiger charge is -2.28. The molecule has 3 N–H and O–H groups in total. The summed E-state index contributed by atoms with van der Waals surface area (Å²) in [6.45, 7) is 2.23. The number of amides is 1. The van der Waals surface area contributed by atoms with E-state index in [-0.39, 0.29) is 35.9 Å². The largest absolute Gasteiger partial charge is 0.445 e. The summed E-state index contributed by atoms with van der Waals surface area (Å²) < 4.78 is 7.63. The molecule has 2 aromatic carbocycles. The van der Waals surface area contributed by atoms with Crippen molar-refractivity contribution in [3.8, 4) is 11.3 Å². The highest BCUT2D eigenvalue weighted by molar-refractivity contribution is 5.98. The van der Waals surface area contributed by atoms with E-state index in [0.29, 0.717) is 11.4 Å². The van der Waals surface area contributed by atoms with Gasteiger partial charge in [0.15, 0.2) is 5.78 Å². The van der Waals surface area contributed by atoms with Crippen LogP contribution < -0.4 is 11.1 Å². The first kappa shape index (κ1) is 27.8. The Hall–Kier alpha value is -5.05. The van der Waals surface area contributed by atoms with Gasteiger partial charge >= 0.3 is 6.09 Å². The first-order valence-electron chi connectivity index (χ1n) is 15.0. The molecule has 0 unspecified atom stereocenters. The van der Waals surface area contributed by atoms with Crippen LogP contribution in [0, 0.1) is 6.92 Å². The molecule has 0 spiro atoms. The zero-order valence-electron chi connectivity index (χ0n) is 24.6. The smallest absolute Gasteiger partial charge is 0.407 e. The van der Waals surface area contributed by atoms with Gasteiger partial charge in [0.1, 0.15) is 29.5 Å². The summed E-state index contributed by atoms with van der Waals surface area (Å²) in [4.78, 5) is 39.7. The molecule has 3 heterocycles. The molecule has 5 aromatic rings. The fraction of sp³-hybridized carbons (Fsp3) is 0.286. The normalized spacial score (nSPS) is 20.6. The topological polar surface area (TPSA) is 124 Å². The molecular weight excluding hydrogens is 552 g/mol. The van der Waals surface area contributed by atoms with Crippen LogP contribution in [0.4, 0.5) is 10.6 Å². The number of carbonyl (C=O) groups is 2. The Bertz CT molecular complexity index is 1860. The van der Waals surface area contributed by atoms with Crippen molar-refractivity contribution in [3.63, 3.8) is 0 Å². The Labute approximate surface area is 255 Å². The van der Waals surface area contributed by atoms with Gasteiger partial charge in [-0.2, -0.15) is 0 Å². The molecule has 9 nitrogen and oxygen atoms in total. The number of nitrogens with zero attached hydrogens (tertiary/aromatic N) is 4. The van der Waals surface area contributed by atoms with E-state index in [1.807, 2.05) is 79.9 Å². The molecule has 7 rings (SSSR count). The molecule has 222 valence electrons. The maximum atomic E-state index is 13.0. The minimum absolute atomic E-state index is 0.00755. The number of benzene rings is 2. The Morgan fingerprint density at radius 3 is 2.50 bits per heavy atom. The number of nitrogens with two attached hydrogens (primary N) is 1. The summed E-state index contributed by atoms with van der Waals surface area (Å²) in [7, 11) is 0. The number of carbonyl (C=O) groups excluding carboxylic acids is 2. The number of ether oxygens (including phenoxy) is 1. The molecule has 2 aliphatic carbocycles. The van der Waals surface area contributed by atoms with E-state index in [9.17, 15) is 9.59 Å². The van der Waals surface area contributed by atoms with Gasteiger partial charge in [-0.1, -0.05) is 54.6 Å². The van der Waals surface area contributed by atoms with Crippen LogP contribution in [0.3, 0.4) is 0 Å². The molecule has 3 aromatic heterocycles. The van der Waals surface area contributed by atoms with Gasteiger partial charge in [-0.05, 0) is 62.3 Å². The van der Waals surface area contributed by atoms with Crippen molar-refractivity contribution < 1.29 is 14.3 Å². The number of anilines is 1. The van der Waals surface area contributed by atoms with Gasteiger partial charge in [0.2, 0.25) is 0 Å². The SMILES string of the molecule is Cc1ccnc(CC(=O)c2ccc(-c3nc(C45CCC(NC(=O)OCc6ccccc6)(CC4)C5)n4ccnc(N)c34)cc2)c1. The Balaban J connectivity index is 1.13. The molecule has 2 saturated carbocycles. The van der Waals surface area contributed by atoms with Crippen molar-refractivity contribution in [2.45, 2.75) is 63.0 Å². The number of pyridine rings is 1. The minimum Gasteiger partial charge on any atom is -0.445 e. The molecule has 0 saturated heterocycles. The third-order valence-electron chi connectivity index (χ3n) is 9.27. The average Bonchev–Trinajstić information content (AvgIpc) is 3.72. The highest BCUT2D eigenvalue weighted by atomic mass is 16.5. The minimum atomic E-state index is -0.388. The molecule has 2 bridgehead atoms. The van der Waals surface area contributed by atoms with E-state index in [4.69, 9.17) is 15.5 Å². The number of Topliss-reactive ketones (excluding diaryl/α,β-unsaturated/α-hetero) is 1. The number of alkyl carbamates (subject to hydrolysis) is 1. The van der Waals surface area contributed by atoms with Crippen molar-refractivity contribution in [2.24, 2.45) is 0 Å². The third-order valence-corrected chi connectivity index (χ3v) is 9.27. The first-order valence-corrected chi connectivity index (χ1v) is 15.0. The third kappa shape index (κ3) is 5.08. The van der Waals surface area contributed by atoms with Gasteiger partial charge in [0.25, 0.3) is 0 Å². The number of ketones is 1. The van der Waals surface area contributed by atoms with Crippen molar-refractivity contribution in [2.75, 3.05) is 5.73 Å². The van der Waals surface area contributed by atoms with Crippen LogP contribution in [0.25, 0.3) is 16.8 Å². The predicted octanol–water partition coefficient (Wildman–Crippen LogP) is 5.99. The van der Waals surface area contributed by atoms with Crippen LogP contribution in [0.1, 0.15) is 65.1 Å². The molecule has 2 fully saturated rings. The van der Waals surface area contributed by atoms with Gasteiger partial charge in [0, 0.05) is 46.4 Å². The van der Waals surface area contributed by atoms with Gasteiger partial charge in [-0.25, -0.2) is 14.8 Å². The van der Waals surface area contributed by atoms with Gasteiger partial charge in [0.05, 0.1) is 6.42 Å². The zero-order valence-corrected chi connectivity index (χ0v) is 24.6. The number of aryl methyl sites for hydroxylation is 1. The number of nitrogen functional groups attached to an aromatic ring is 1. The monoisotopic (exact) mass is 586 g/mol. The lowest BCUT2D eigenvalue weighted by molar-refractivity contribution is 0.0991. The van der Waals surface area contributed by atoms with Crippen molar-refractivity contribution in [1.29, 1.82) is 0 Å². The number of imidazole rings is 1. The number of hydrogen-bond acceptors (Lipinski definition) is 7. The molecule has 0 aliphatic heterocycles. The van der Waals surface area contributed by atoms with Crippen LogP contribution >= 0.6 is 0 Å². The van der Waals surface area contributed by atoms with Crippen LogP contribution in [-0.2, 0) is 23.2 Å². The average molecular weight is 587 g/mol. The maximum absolute atomic E-state index is 13.0. The summed E-state index contributed by atoms with van der Waals surface area (Å²) in [5.74, 6) is 1.34. The van der Waals surface area contributed by atoms with E-state index < -0.39 is 0 Å². The van der Waals surface area contributed by atoms with E-state index in [0.717, 1.165) is 71.5 Å². The van der Waals surface area contributed by atoms with Crippen molar-refractivity contribution in [3.05, 3.63) is 114 Å². The second-order valence-corrected chi connectivity index (χ2v) is 12.2. The summed E-state index contributed by atoms with van der Waals surface area (Å²) in [5, 5.41) is 3.21.